The first-order valence-electron chi connectivity index (χ1n) is 5.31. The van der Waals surface area contributed by atoms with Crippen LogP contribution in [0.4, 0.5) is 0 Å². The molecule has 15 heavy (non-hydrogen) atoms. The van der Waals surface area contributed by atoms with Crippen molar-refractivity contribution in [1.82, 2.24) is 5.32 Å². The highest BCUT2D eigenvalue weighted by molar-refractivity contribution is 7.20. The molecule has 0 bridgehead atoms. The predicted octanol–water partition coefficient (Wildman–Crippen LogP) is 4.90. The Balaban J connectivity index is 2.61. The Morgan fingerprint density at radius 1 is 1.40 bits per heavy atom. The number of hydrogen-bond donors (Lipinski definition) is 1. The van der Waals surface area contributed by atoms with Crippen molar-refractivity contribution in [1.29, 1.82) is 0 Å². The summed E-state index contributed by atoms with van der Waals surface area (Å²) >= 11 is 13.5. The Kier molecular flexibility index (Phi) is 5.98. The maximum atomic E-state index is 6.13. The molecule has 0 saturated carbocycles. The summed E-state index contributed by atoms with van der Waals surface area (Å²) in [6.45, 7) is 2.21. The topological polar surface area (TPSA) is 12.0 Å². The van der Waals surface area contributed by atoms with E-state index in [2.05, 4.69) is 12.2 Å². The molecule has 0 amide bonds. The monoisotopic (exact) mass is 265 g/mol. The smallest absolute Gasteiger partial charge is 0.0991 e. The molecule has 1 N–H and O–H groups in total. The van der Waals surface area contributed by atoms with Gasteiger partial charge in [-0.2, -0.15) is 0 Å². The zero-order valence-electron chi connectivity index (χ0n) is 9.15. The summed E-state index contributed by atoms with van der Waals surface area (Å²) in [7, 11) is 1.97. The van der Waals surface area contributed by atoms with Crippen LogP contribution in [0.15, 0.2) is 6.07 Å². The van der Waals surface area contributed by atoms with Gasteiger partial charge in [-0.3, -0.25) is 0 Å². The van der Waals surface area contributed by atoms with Crippen molar-refractivity contribution in [2.75, 3.05) is 7.05 Å². The summed E-state index contributed by atoms with van der Waals surface area (Å²) in [5.41, 5.74) is 1.14. The van der Waals surface area contributed by atoms with E-state index in [0.717, 1.165) is 20.7 Å². The van der Waals surface area contributed by atoms with Gasteiger partial charge in [-0.05, 0) is 19.5 Å². The highest BCUT2D eigenvalue weighted by atomic mass is 35.5. The van der Waals surface area contributed by atoms with Crippen molar-refractivity contribution in [2.24, 2.45) is 0 Å². The molecule has 0 aliphatic heterocycles. The van der Waals surface area contributed by atoms with Crippen LogP contribution in [-0.4, -0.2) is 7.05 Å². The molecule has 4 heteroatoms. The Labute approximate surface area is 106 Å². The minimum atomic E-state index is 0.341. The van der Waals surface area contributed by atoms with Crippen LogP contribution in [0.5, 0.6) is 0 Å². The van der Waals surface area contributed by atoms with Crippen LogP contribution in [-0.2, 0) is 0 Å². The predicted molar refractivity (Wildman–Crippen MR) is 70.3 cm³/mol. The maximum absolute atomic E-state index is 6.13. The second-order valence-electron chi connectivity index (χ2n) is 3.62. The number of halogens is 2. The third-order valence-electron chi connectivity index (χ3n) is 2.50. The lowest BCUT2D eigenvalue weighted by atomic mass is 10.0. The molecule has 0 aliphatic carbocycles. The molecule has 0 aromatic carbocycles. The molecule has 1 nitrogen and oxygen atoms in total. The van der Waals surface area contributed by atoms with Crippen molar-refractivity contribution >= 4 is 34.5 Å². The first kappa shape index (κ1) is 13.3. The minimum absolute atomic E-state index is 0.341. The quantitative estimate of drug-likeness (QED) is 0.722. The standard InChI is InChI=1S/C11H17Cl2NS/c1-3-4-5-6-9(14-2)8-7-10(12)15-11(8)13/h7,9,14H,3-6H2,1-2H3. The Morgan fingerprint density at radius 3 is 2.60 bits per heavy atom. The average Bonchev–Trinajstić information content (AvgIpc) is 2.53. The summed E-state index contributed by atoms with van der Waals surface area (Å²) in [5.74, 6) is 0. The molecule has 0 fully saturated rings. The van der Waals surface area contributed by atoms with Gasteiger partial charge in [0.05, 0.1) is 8.67 Å². The van der Waals surface area contributed by atoms with E-state index >= 15 is 0 Å². The molecular weight excluding hydrogens is 249 g/mol. The fourth-order valence-electron chi connectivity index (χ4n) is 1.64. The highest BCUT2D eigenvalue weighted by Crippen LogP contribution is 2.36. The molecule has 1 unspecified atom stereocenters. The van der Waals surface area contributed by atoms with Gasteiger partial charge in [-0.25, -0.2) is 0 Å². The van der Waals surface area contributed by atoms with Crippen LogP contribution in [0.2, 0.25) is 8.67 Å². The molecule has 0 spiro atoms. The average molecular weight is 266 g/mol. The fourth-order valence-corrected chi connectivity index (χ4v) is 3.22. The number of nitrogens with one attached hydrogen (secondary N) is 1. The van der Waals surface area contributed by atoms with E-state index in [-0.39, 0.29) is 0 Å². The summed E-state index contributed by atoms with van der Waals surface area (Å²) < 4.78 is 1.58. The second kappa shape index (κ2) is 6.74. The van der Waals surface area contributed by atoms with Crippen LogP contribution in [0, 0.1) is 0 Å². The molecule has 86 valence electrons. The lowest BCUT2D eigenvalue weighted by Gasteiger charge is -2.15. The lowest BCUT2D eigenvalue weighted by Crippen LogP contribution is -2.15. The van der Waals surface area contributed by atoms with Crippen LogP contribution in [0.25, 0.3) is 0 Å². The van der Waals surface area contributed by atoms with Crippen LogP contribution < -0.4 is 5.32 Å². The maximum Gasteiger partial charge on any atom is 0.0991 e. The van der Waals surface area contributed by atoms with Crippen molar-refractivity contribution in [3.8, 4) is 0 Å². The SMILES string of the molecule is CCCCCC(NC)c1cc(Cl)sc1Cl. The van der Waals surface area contributed by atoms with Crippen LogP contribution >= 0.6 is 34.5 Å². The Morgan fingerprint density at radius 2 is 2.13 bits per heavy atom. The van der Waals surface area contributed by atoms with E-state index < -0.39 is 0 Å². The highest BCUT2D eigenvalue weighted by Gasteiger charge is 2.15. The summed E-state index contributed by atoms with van der Waals surface area (Å²) in [4.78, 5) is 0. The largest absolute Gasteiger partial charge is 0.313 e. The number of thiophene rings is 1. The molecule has 1 heterocycles. The Bertz CT molecular complexity index is 299. The molecular formula is C11H17Cl2NS. The minimum Gasteiger partial charge on any atom is -0.313 e. The molecule has 1 aromatic heterocycles. The van der Waals surface area contributed by atoms with Gasteiger partial charge in [-0.1, -0.05) is 49.4 Å². The van der Waals surface area contributed by atoms with Gasteiger partial charge in [-0.15, -0.1) is 11.3 Å². The third kappa shape index (κ3) is 3.95. The van der Waals surface area contributed by atoms with Crippen LogP contribution in [0.3, 0.4) is 0 Å². The van der Waals surface area contributed by atoms with E-state index in [4.69, 9.17) is 23.2 Å². The van der Waals surface area contributed by atoms with E-state index in [1.807, 2.05) is 13.1 Å². The molecule has 1 rings (SSSR count). The van der Waals surface area contributed by atoms with E-state index in [0.29, 0.717) is 6.04 Å². The van der Waals surface area contributed by atoms with Crippen molar-refractivity contribution in [2.45, 2.75) is 38.6 Å². The van der Waals surface area contributed by atoms with Crippen molar-refractivity contribution < 1.29 is 0 Å². The third-order valence-corrected chi connectivity index (χ3v) is 4.02. The lowest BCUT2D eigenvalue weighted by molar-refractivity contribution is 0.513. The van der Waals surface area contributed by atoms with Gasteiger partial charge < -0.3 is 5.32 Å². The van der Waals surface area contributed by atoms with Gasteiger partial charge in [0.15, 0.2) is 0 Å². The normalized spacial score (nSPS) is 13.1. The van der Waals surface area contributed by atoms with Crippen molar-refractivity contribution in [3.05, 3.63) is 20.3 Å². The molecule has 1 atom stereocenters. The zero-order chi connectivity index (χ0) is 11.3. The summed E-state index contributed by atoms with van der Waals surface area (Å²) in [6, 6.07) is 2.31. The molecule has 1 aromatic rings. The molecule has 0 radical (unpaired) electrons. The van der Waals surface area contributed by atoms with Crippen molar-refractivity contribution in [3.63, 3.8) is 0 Å². The van der Waals surface area contributed by atoms with Gasteiger partial charge in [0.2, 0.25) is 0 Å². The van der Waals surface area contributed by atoms with Gasteiger partial charge in [0, 0.05) is 11.6 Å². The number of unbranched alkanes of at least 4 members (excludes halogenated alkanes) is 2. The molecule has 0 aliphatic rings. The summed E-state index contributed by atoms with van der Waals surface area (Å²) in [6.07, 6.45) is 4.87. The first-order valence-corrected chi connectivity index (χ1v) is 6.88. The zero-order valence-corrected chi connectivity index (χ0v) is 11.5. The summed E-state index contributed by atoms with van der Waals surface area (Å²) in [5, 5.41) is 3.29. The first-order chi connectivity index (χ1) is 7.19. The van der Waals surface area contributed by atoms with E-state index in [1.165, 1.54) is 30.6 Å². The van der Waals surface area contributed by atoms with Gasteiger partial charge in [0.25, 0.3) is 0 Å². The molecule has 0 saturated heterocycles. The second-order valence-corrected chi connectivity index (χ2v) is 5.90. The van der Waals surface area contributed by atoms with Gasteiger partial charge >= 0.3 is 0 Å². The number of rotatable bonds is 6. The van der Waals surface area contributed by atoms with E-state index in [1.54, 1.807) is 0 Å². The van der Waals surface area contributed by atoms with Gasteiger partial charge in [0.1, 0.15) is 0 Å². The van der Waals surface area contributed by atoms with Crippen LogP contribution in [0.1, 0.15) is 44.2 Å². The van der Waals surface area contributed by atoms with E-state index in [9.17, 15) is 0 Å². The number of hydrogen-bond acceptors (Lipinski definition) is 2. The Hall–Kier alpha value is 0.240. The fraction of sp³-hybridized carbons (Fsp3) is 0.636.